The number of hydrogen-bond acceptors (Lipinski definition) is 8. The number of pyridine rings is 1. The molecule has 0 bridgehead atoms. The number of Topliss-reactive ketones (excluding diaryl/α,β-unsaturated/α-hetero) is 1. The number of rotatable bonds is 14. The first kappa shape index (κ1) is 30.9. The Bertz CT molecular complexity index is 1580. The molecule has 1 aliphatic rings. The van der Waals surface area contributed by atoms with Gasteiger partial charge in [-0.1, -0.05) is 36.4 Å². The summed E-state index contributed by atoms with van der Waals surface area (Å²) in [5.41, 5.74) is 2.03. The maximum Gasteiger partial charge on any atom is 0.287 e. The zero-order valence-electron chi connectivity index (χ0n) is 24.7. The lowest BCUT2D eigenvalue weighted by atomic mass is 10.1. The second-order valence-electron chi connectivity index (χ2n) is 10.4. The van der Waals surface area contributed by atoms with Gasteiger partial charge in [0.05, 0.1) is 32.4 Å². The third-order valence-electron chi connectivity index (χ3n) is 7.34. The molecule has 0 aliphatic carbocycles. The molecule has 5 rings (SSSR count). The van der Waals surface area contributed by atoms with E-state index in [-0.39, 0.29) is 12.2 Å². The van der Waals surface area contributed by atoms with E-state index in [1.165, 1.54) is 12.1 Å². The van der Waals surface area contributed by atoms with Crippen molar-refractivity contribution in [3.63, 3.8) is 0 Å². The monoisotopic (exact) mass is 601 g/mol. The van der Waals surface area contributed by atoms with Crippen LogP contribution in [0.1, 0.15) is 17.5 Å². The minimum Gasteiger partial charge on any atom is -0.493 e. The second-order valence-corrected chi connectivity index (χ2v) is 10.4. The summed E-state index contributed by atoms with van der Waals surface area (Å²) in [6, 6.07) is 19.1. The number of aromatic nitrogens is 1. The standard InChI is InChI=1S/C34H36FN3O6/c1-41-32-22-26-28(23-33(32)43-17-5-14-38-15-18-42-19-16-38)36-13-11-30(26)44-31-9-8-25(20-27(31)35)21-29(39)34(40)37-12-10-24-6-3-2-4-7-24/h2-4,6-9,11,13,20,22-23H,5,10,12,14-19,21H2,1H3,(H,37,40). The number of carbonyl (C=O) groups excluding carboxylic acids is 2. The Morgan fingerprint density at radius 2 is 1.77 bits per heavy atom. The Kier molecular flexibility index (Phi) is 10.7. The average Bonchev–Trinajstić information content (AvgIpc) is 3.05. The molecule has 2 heterocycles. The van der Waals surface area contributed by atoms with Crippen LogP contribution in [0.15, 0.2) is 72.9 Å². The van der Waals surface area contributed by atoms with Gasteiger partial charge in [0.2, 0.25) is 5.78 Å². The quantitative estimate of drug-likeness (QED) is 0.163. The van der Waals surface area contributed by atoms with E-state index in [2.05, 4.69) is 15.2 Å². The van der Waals surface area contributed by atoms with E-state index < -0.39 is 17.5 Å². The van der Waals surface area contributed by atoms with Crippen LogP contribution in [0.2, 0.25) is 0 Å². The van der Waals surface area contributed by atoms with Gasteiger partial charge in [-0.05, 0) is 48.2 Å². The predicted molar refractivity (Wildman–Crippen MR) is 164 cm³/mol. The summed E-state index contributed by atoms with van der Waals surface area (Å²) in [6.07, 6.45) is 2.82. The van der Waals surface area contributed by atoms with Gasteiger partial charge in [-0.2, -0.15) is 0 Å². The number of fused-ring (bicyclic) bond motifs is 1. The van der Waals surface area contributed by atoms with Crippen molar-refractivity contribution in [2.24, 2.45) is 0 Å². The second kappa shape index (κ2) is 15.3. The van der Waals surface area contributed by atoms with Crippen LogP contribution in [0.5, 0.6) is 23.0 Å². The van der Waals surface area contributed by atoms with Crippen LogP contribution < -0.4 is 19.5 Å². The van der Waals surface area contributed by atoms with Crippen LogP contribution >= 0.6 is 0 Å². The van der Waals surface area contributed by atoms with E-state index in [9.17, 15) is 9.59 Å². The highest BCUT2D eigenvalue weighted by Gasteiger charge is 2.17. The number of nitrogens with zero attached hydrogens (tertiary/aromatic N) is 2. The first-order valence-electron chi connectivity index (χ1n) is 14.7. The summed E-state index contributed by atoms with van der Waals surface area (Å²) in [5, 5.41) is 3.25. The molecule has 230 valence electrons. The molecule has 10 heteroatoms. The number of morpholine rings is 1. The smallest absolute Gasteiger partial charge is 0.287 e. The Labute approximate surface area is 255 Å². The third kappa shape index (κ3) is 8.30. The molecule has 1 saturated heterocycles. The fraction of sp³-hybridized carbons (Fsp3) is 0.324. The van der Waals surface area contributed by atoms with Gasteiger partial charge in [-0.25, -0.2) is 4.39 Å². The lowest BCUT2D eigenvalue weighted by Gasteiger charge is -2.26. The van der Waals surface area contributed by atoms with Crippen molar-refractivity contribution in [1.29, 1.82) is 0 Å². The van der Waals surface area contributed by atoms with Crippen molar-refractivity contribution in [2.75, 3.05) is 53.1 Å². The summed E-state index contributed by atoms with van der Waals surface area (Å²) in [7, 11) is 1.56. The van der Waals surface area contributed by atoms with Gasteiger partial charge in [0, 0.05) is 50.2 Å². The summed E-state index contributed by atoms with van der Waals surface area (Å²) < 4.78 is 38.0. The average molecular weight is 602 g/mol. The van der Waals surface area contributed by atoms with Gasteiger partial charge in [0.25, 0.3) is 5.91 Å². The number of halogens is 1. The number of hydrogen-bond donors (Lipinski definition) is 1. The van der Waals surface area contributed by atoms with Gasteiger partial charge in [-0.3, -0.25) is 19.5 Å². The highest BCUT2D eigenvalue weighted by Crippen LogP contribution is 2.37. The Hall–Kier alpha value is -4.54. The molecule has 1 N–H and O–H groups in total. The minimum atomic E-state index is -0.695. The number of carbonyl (C=O) groups is 2. The van der Waals surface area contributed by atoms with E-state index >= 15 is 4.39 Å². The normalized spacial score (nSPS) is 13.4. The molecule has 9 nitrogen and oxygen atoms in total. The zero-order valence-corrected chi connectivity index (χ0v) is 24.7. The lowest BCUT2D eigenvalue weighted by molar-refractivity contribution is -0.137. The van der Waals surface area contributed by atoms with Crippen LogP contribution in [0.3, 0.4) is 0 Å². The summed E-state index contributed by atoms with van der Waals surface area (Å²) in [6.45, 7) is 5.17. The zero-order chi connectivity index (χ0) is 30.7. The van der Waals surface area contributed by atoms with Crippen molar-refractivity contribution >= 4 is 22.6 Å². The molecule has 3 aromatic carbocycles. The van der Waals surface area contributed by atoms with Gasteiger partial charge in [-0.15, -0.1) is 0 Å². The number of nitrogens with one attached hydrogen (secondary N) is 1. The summed E-state index contributed by atoms with van der Waals surface area (Å²) >= 11 is 0. The molecule has 1 amide bonds. The predicted octanol–water partition coefficient (Wildman–Crippen LogP) is 4.75. The van der Waals surface area contributed by atoms with Crippen LogP contribution in [-0.2, 0) is 27.2 Å². The number of benzene rings is 3. The molecule has 0 atom stereocenters. The molecule has 0 unspecified atom stereocenters. The van der Waals surface area contributed by atoms with Gasteiger partial charge < -0.3 is 24.3 Å². The fourth-order valence-electron chi connectivity index (χ4n) is 4.97. The maximum absolute atomic E-state index is 15.1. The van der Waals surface area contributed by atoms with Crippen LogP contribution in [0, 0.1) is 5.82 Å². The minimum absolute atomic E-state index is 0.0246. The van der Waals surface area contributed by atoms with Crippen molar-refractivity contribution in [1.82, 2.24) is 15.2 Å². The first-order chi connectivity index (χ1) is 21.5. The van der Waals surface area contributed by atoms with Crippen molar-refractivity contribution in [2.45, 2.75) is 19.3 Å². The summed E-state index contributed by atoms with van der Waals surface area (Å²) in [4.78, 5) is 31.5. The van der Waals surface area contributed by atoms with E-state index in [4.69, 9.17) is 18.9 Å². The number of ether oxygens (including phenoxy) is 4. The van der Waals surface area contributed by atoms with E-state index in [0.29, 0.717) is 53.3 Å². The number of methoxy groups -OCH3 is 1. The highest BCUT2D eigenvalue weighted by atomic mass is 19.1. The number of amides is 1. The lowest BCUT2D eigenvalue weighted by Crippen LogP contribution is -2.37. The van der Waals surface area contributed by atoms with Crippen LogP contribution in [0.4, 0.5) is 4.39 Å². The van der Waals surface area contributed by atoms with Crippen molar-refractivity contribution in [3.8, 4) is 23.0 Å². The number of ketones is 1. The largest absolute Gasteiger partial charge is 0.493 e. The van der Waals surface area contributed by atoms with Crippen LogP contribution in [0.25, 0.3) is 10.9 Å². The molecular formula is C34H36FN3O6. The molecule has 0 radical (unpaired) electrons. The maximum atomic E-state index is 15.1. The van der Waals surface area contributed by atoms with Gasteiger partial charge in [0.15, 0.2) is 23.1 Å². The van der Waals surface area contributed by atoms with Gasteiger partial charge >= 0.3 is 0 Å². The molecule has 4 aromatic rings. The Balaban J connectivity index is 1.19. The SMILES string of the molecule is COc1cc2c(Oc3ccc(CC(=O)C(=O)NCCc4ccccc4)cc3F)ccnc2cc1OCCCN1CCOCC1. The molecule has 0 saturated carbocycles. The van der Waals surface area contributed by atoms with E-state index in [0.717, 1.165) is 44.8 Å². The van der Waals surface area contributed by atoms with Crippen molar-refractivity contribution in [3.05, 3.63) is 89.9 Å². The highest BCUT2D eigenvalue weighted by molar-refractivity contribution is 6.36. The third-order valence-corrected chi connectivity index (χ3v) is 7.34. The van der Waals surface area contributed by atoms with Crippen LogP contribution in [-0.4, -0.2) is 74.7 Å². The van der Waals surface area contributed by atoms with Crippen molar-refractivity contribution < 1.29 is 32.9 Å². The topological polar surface area (TPSA) is 99.2 Å². The summed E-state index contributed by atoms with van der Waals surface area (Å²) in [5.74, 6) is -0.557. The molecule has 1 aliphatic heterocycles. The van der Waals surface area contributed by atoms with E-state index in [1.807, 2.05) is 30.3 Å². The van der Waals surface area contributed by atoms with E-state index in [1.54, 1.807) is 37.6 Å². The first-order valence-corrected chi connectivity index (χ1v) is 14.7. The Morgan fingerprint density at radius 3 is 2.55 bits per heavy atom. The molecule has 1 aromatic heterocycles. The molecular weight excluding hydrogens is 565 g/mol. The Morgan fingerprint density at radius 1 is 0.955 bits per heavy atom. The molecule has 0 spiro atoms. The van der Waals surface area contributed by atoms with Gasteiger partial charge in [0.1, 0.15) is 5.75 Å². The fourth-order valence-corrected chi connectivity index (χ4v) is 4.97. The molecule has 1 fully saturated rings. The molecule has 44 heavy (non-hydrogen) atoms.